The van der Waals surface area contributed by atoms with Crippen molar-refractivity contribution in [2.45, 2.75) is 25.8 Å². The molecule has 0 aliphatic carbocycles. The van der Waals surface area contributed by atoms with Gasteiger partial charge in [-0.05, 0) is 6.42 Å². The first kappa shape index (κ1) is 16.2. The number of amides is 3. The molecule has 0 saturated carbocycles. The Kier molecular flexibility index (Phi) is 6.41. The lowest BCUT2D eigenvalue weighted by molar-refractivity contribution is -0.123. The zero-order valence-corrected chi connectivity index (χ0v) is 12.9. The molecule has 2 saturated heterocycles. The molecule has 0 aromatic carbocycles. The number of rotatable bonds is 6. The van der Waals surface area contributed by atoms with Crippen LogP contribution >= 0.6 is 0 Å². The summed E-state index contributed by atoms with van der Waals surface area (Å²) < 4.78 is 0. The molecule has 0 aromatic rings. The quantitative estimate of drug-likeness (QED) is 0.560. The summed E-state index contributed by atoms with van der Waals surface area (Å²) in [4.78, 5) is 27.7. The molecule has 2 rings (SSSR count). The lowest BCUT2D eigenvalue weighted by Crippen LogP contribution is -2.64. The third-order valence-corrected chi connectivity index (χ3v) is 4.04. The topological polar surface area (TPSA) is 76.7 Å². The van der Waals surface area contributed by atoms with E-state index in [1.165, 1.54) is 0 Å². The maximum atomic E-state index is 11.7. The normalized spacial score (nSPS) is 20.8. The molecule has 0 spiro atoms. The Morgan fingerprint density at radius 3 is 2.62 bits per heavy atom. The minimum Gasteiger partial charge on any atom is -0.338 e. The lowest BCUT2D eigenvalue weighted by atomic mass is 10.1. The molecule has 0 radical (unpaired) electrons. The molecule has 2 aliphatic rings. The van der Waals surface area contributed by atoms with Crippen molar-refractivity contribution in [3.8, 4) is 0 Å². The molecule has 3 amide bonds. The second kappa shape index (κ2) is 8.31. The van der Waals surface area contributed by atoms with Crippen molar-refractivity contribution in [2.24, 2.45) is 0 Å². The Morgan fingerprint density at radius 2 is 1.95 bits per heavy atom. The number of likely N-dealkylation sites (tertiary alicyclic amines) is 1. The number of hydrogen-bond donors (Lipinski definition) is 3. The van der Waals surface area contributed by atoms with Crippen LogP contribution in [0.15, 0.2) is 0 Å². The number of carbonyl (C=O) groups is 2. The van der Waals surface area contributed by atoms with E-state index in [0.717, 1.165) is 52.1 Å². The van der Waals surface area contributed by atoms with Crippen molar-refractivity contribution >= 4 is 11.9 Å². The van der Waals surface area contributed by atoms with Crippen LogP contribution in [-0.2, 0) is 4.79 Å². The van der Waals surface area contributed by atoms with Crippen LogP contribution in [0.25, 0.3) is 0 Å². The smallest absolute Gasteiger partial charge is 0.321 e. The molecule has 2 heterocycles. The summed E-state index contributed by atoms with van der Waals surface area (Å²) in [6, 6.07) is 0.186. The van der Waals surface area contributed by atoms with Crippen molar-refractivity contribution in [2.75, 3.05) is 52.4 Å². The number of unbranched alkanes of at least 4 members (excludes halogenated alkanes) is 1. The number of carbonyl (C=O) groups excluding carboxylic acids is 2. The third kappa shape index (κ3) is 5.26. The minimum absolute atomic E-state index is 0.220. The molecule has 21 heavy (non-hydrogen) atoms. The fourth-order valence-corrected chi connectivity index (χ4v) is 2.74. The van der Waals surface area contributed by atoms with Crippen LogP contribution in [0.2, 0.25) is 0 Å². The van der Waals surface area contributed by atoms with Gasteiger partial charge < -0.3 is 10.6 Å². The maximum Gasteiger partial charge on any atom is 0.321 e. The summed E-state index contributed by atoms with van der Waals surface area (Å²) in [5.41, 5.74) is 0. The van der Waals surface area contributed by atoms with Crippen molar-refractivity contribution in [3.63, 3.8) is 0 Å². The largest absolute Gasteiger partial charge is 0.338 e. The van der Waals surface area contributed by atoms with Gasteiger partial charge in [0.25, 0.3) is 0 Å². The number of imide groups is 1. The molecule has 3 N–H and O–H groups in total. The zero-order valence-electron chi connectivity index (χ0n) is 12.9. The molecule has 120 valence electrons. The zero-order chi connectivity index (χ0) is 15.1. The number of nitrogens with zero attached hydrogens (tertiary/aromatic N) is 2. The van der Waals surface area contributed by atoms with E-state index < -0.39 is 0 Å². The third-order valence-electron chi connectivity index (χ3n) is 4.04. The van der Waals surface area contributed by atoms with E-state index in [9.17, 15) is 9.59 Å². The average Bonchev–Trinajstić information content (AvgIpc) is 2.43. The van der Waals surface area contributed by atoms with Crippen LogP contribution in [0.1, 0.15) is 19.8 Å². The highest BCUT2D eigenvalue weighted by molar-refractivity contribution is 5.95. The lowest BCUT2D eigenvalue weighted by Gasteiger charge is -2.46. The number of hydrogen-bond acceptors (Lipinski definition) is 5. The highest BCUT2D eigenvalue weighted by atomic mass is 16.2. The van der Waals surface area contributed by atoms with E-state index in [4.69, 9.17) is 0 Å². The van der Waals surface area contributed by atoms with Crippen LogP contribution in [0.4, 0.5) is 4.79 Å². The monoisotopic (exact) mass is 297 g/mol. The van der Waals surface area contributed by atoms with Crippen LogP contribution in [0.5, 0.6) is 0 Å². The Bertz CT molecular complexity index is 351. The van der Waals surface area contributed by atoms with Gasteiger partial charge in [-0.1, -0.05) is 13.3 Å². The minimum atomic E-state index is -0.382. The van der Waals surface area contributed by atoms with Gasteiger partial charge in [-0.3, -0.25) is 19.9 Å². The van der Waals surface area contributed by atoms with Crippen LogP contribution in [-0.4, -0.2) is 80.1 Å². The molecule has 0 atom stereocenters. The van der Waals surface area contributed by atoms with Gasteiger partial charge in [0.1, 0.15) is 0 Å². The number of urea groups is 1. The summed E-state index contributed by atoms with van der Waals surface area (Å²) in [7, 11) is 0. The van der Waals surface area contributed by atoms with Crippen LogP contribution < -0.4 is 16.0 Å². The van der Waals surface area contributed by atoms with Gasteiger partial charge in [-0.2, -0.15) is 0 Å². The van der Waals surface area contributed by atoms with Gasteiger partial charge in [-0.15, -0.1) is 0 Å². The fraction of sp³-hybridized carbons (Fsp3) is 0.857. The Balaban J connectivity index is 1.56. The second-order valence-corrected chi connectivity index (χ2v) is 5.79. The van der Waals surface area contributed by atoms with Crippen molar-refractivity contribution in [1.82, 2.24) is 25.8 Å². The summed E-state index contributed by atoms with van der Waals surface area (Å²) in [6.07, 6.45) is 1.95. The summed E-state index contributed by atoms with van der Waals surface area (Å²) in [6.45, 7) is 9.10. The molecule has 7 nitrogen and oxygen atoms in total. The second-order valence-electron chi connectivity index (χ2n) is 5.79. The molecule has 2 fully saturated rings. The van der Waals surface area contributed by atoms with Crippen LogP contribution in [0.3, 0.4) is 0 Å². The standard InChI is InChI=1S/C14H27N5O2/c1-2-3-4-16-14(21)17-13(20)11-18-9-12(10-18)19-7-5-15-6-8-19/h12,15H,2-11H2,1H3,(H2,16,17,20,21). The van der Waals surface area contributed by atoms with E-state index in [2.05, 4.69) is 32.7 Å². The molecule has 2 aliphatic heterocycles. The Labute approximate surface area is 126 Å². The summed E-state index contributed by atoms with van der Waals surface area (Å²) in [5, 5.41) is 8.40. The van der Waals surface area contributed by atoms with E-state index >= 15 is 0 Å². The van der Waals surface area contributed by atoms with Gasteiger partial charge >= 0.3 is 6.03 Å². The van der Waals surface area contributed by atoms with E-state index in [0.29, 0.717) is 19.1 Å². The summed E-state index contributed by atoms with van der Waals surface area (Å²) >= 11 is 0. The first-order valence-electron chi connectivity index (χ1n) is 7.94. The van der Waals surface area contributed by atoms with E-state index in [1.54, 1.807) is 0 Å². The first-order valence-corrected chi connectivity index (χ1v) is 7.94. The van der Waals surface area contributed by atoms with Gasteiger partial charge in [0, 0.05) is 51.9 Å². The Morgan fingerprint density at radius 1 is 1.24 bits per heavy atom. The predicted octanol–water partition coefficient (Wildman–Crippen LogP) is -0.798. The van der Waals surface area contributed by atoms with Crippen molar-refractivity contribution in [3.05, 3.63) is 0 Å². The predicted molar refractivity (Wildman–Crippen MR) is 81.1 cm³/mol. The van der Waals surface area contributed by atoms with Gasteiger partial charge in [0.05, 0.1) is 6.54 Å². The average molecular weight is 297 g/mol. The number of piperazine rings is 1. The van der Waals surface area contributed by atoms with E-state index in [-0.39, 0.29) is 11.9 Å². The molecular formula is C14H27N5O2. The van der Waals surface area contributed by atoms with Crippen molar-refractivity contribution in [1.29, 1.82) is 0 Å². The number of nitrogens with one attached hydrogen (secondary N) is 3. The van der Waals surface area contributed by atoms with Gasteiger partial charge in [-0.25, -0.2) is 4.79 Å². The van der Waals surface area contributed by atoms with Crippen LogP contribution in [0, 0.1) is 0 Å². The fourth-order valence-electron chi connectivity index (χ4n) is 2.74. The van der Waals surface area contributed by atoms with Crippen molar-refractivity contribution < 1.29 is 9.59 Å². The first-order chi connectivity index (χ1) is 10.2. The SMILES string of the molecule is CCCCNC(=O)NC(=O)CN1CC(N2CCNCC2)C1. The highest BCUT2D eigenvalue weighted by Gasteiger charge is 2.33. The molecule has 0 unspecified atom stereocenters. The highest BCUT2D eigenvalue weighted by Crippen LogP contribution is 2.14. The Hall–Kier alpha value is -1.18. The molecular weight excluding hydrogens is 270 g/mol. The van der Waals surface area contributed by atoms with E-state index in [1.807, 2.05) is 0 Å². The van der Waals surface area contributed by atoms with Gasteiger partial charge in [0.15, 0.2) is 0 Å². The van der Waals surface area contributed by atoms with Gasteiger partial charge in [0.2, 0.25) is 5.91 Å². The maximum absolute atomic E-state index is 11.7. The molecule has 7 heteroatoms. The summed E-state index contributed by atoms with van der Waals surface area (Å²) in [5.74, 6) is -0.220. The molecule has 0 aromatic heterocycles. The molecule has 0 bridgehead atoms.